The van der Waals surface area contributed by atoms with Crippen molar-refractivity contribution in [1.29, 1.82) is 0 Å². The van der Waals surface area contributed by atoms with Gasteiger partial charge in [0.15, 0.2) is 0 Å². The maximum atomic E-state index is 5.58. The number of anilines is 1. The van der Waals surface area contributed by atoms with E-state index in [-0.39, 0.29) is 0 Å². The van der Waals surface area contributed by atoms with E-state index < -0.39 is 0 Å². The summed E-state index contributed by atoms with van der Waals surface area (Å²) in [5, 5.41) is 4.53. The van der Waals surface area contributed by atoms with Gasteiger partial charge in [-0.1, -0.05) is 18.2 Å². The highest BCUT2D eigenvalue weighted by Crippen LogP contribution is 2.41. The van der Waals surface area contributed by atoms with E-state index in [0.29, 0.717) is 13.2 Å². The van der Waals surface area contributed by atoms with Crippen LogP contribution in [-0.4, -0.2) is 21.6 Å². The Kier molecular flexibility index (Phi) is 5.21. The lowest BCUT2D eigenvalue weighted by atomic mass is 10.0. The van der Waals surface area contributed by atoms with Crippen LogP contribution in [0.3, 0.4) is 0 Å². The number of thiophene rings is 1. The Labute approximate surface area is 168 Å². The van der Waals surface area contributed by atoms with Gasteiger partial charge < -0.3 is 10.1 Å². The van der Waals surface area contributed by atoms with Crippen molar-refractivity contribution in [3.63, 3.8) is 0 Å². The lowest BCUT2D eigenvalue weighted by molar-refractivity contribution is 0.340. The molecule has 0 spiro atoms. The zero-order valence-corrected chi connectivity index (χ0v) is 17.0. The van der Waals surface area contributed by atoms with Gasteiger partial charge in [-0.3, -0.25) is 4.98 Å². The van der Waals surface area contributed by atoms with Crippen LogP contribution in [0.4, 0.5) is 5.82 Å². The highest BCUT2D eigenvalue weighted by Gasteiger charge is 2.18. The number of aromatic nitrogens is 3. The monoisotopic (exact) mass is 390 g/mol. The van der Waals surface area contributed by atoms with E-state index in [4.69, 9.17) is 9.72 Å². The van der Waals surface area contributed by atoms with Gasteiger partial charge in [0, 0.05) is 16.6 Å². The minimum atomic E-state index is 0.615. The van der Waals surface area contributed by atoms with Crippen LogP contribution < -0.4 is 10.1 Å². The fourth-order valence-electron chi connectivity index (χ4n) is 3.26. The van der Waals surface area contributed by atoms with Crippen LogP contribution in [0, 0.1) is 13.8 Å². The number of hydrogen-bond donors (Lipinski definition) is 1. The summed E-state index contributed by atoms with van der Waals surface area (Å²) in [6, 6.07) is 14.1. The van der Waals surface area contributed by atoms with Crippen LogP contribution in [0.25, 0.3) is 21.3 Å². The summed E-state index contributed by atoms with van der Waals surface area (Å²) in [6.45, 7) is 7.33. The first-order valence-electron chi connectivity index (χ1n) is 9.30. The molecule has 0 atom stereocenters. The largest absolute Gasteiger partial charge is 0.494 e. The molecule has 0 saturated heterocycles. The average Bonchev–Trinajstić information content (AvgIpc) is 3.03. The van der Waals surface area contributed by atoms with E-state index in [1.165, 1.54) is 10.4 Å². The summed E-state index contributed by atoms with van der Waals surface area (Å²) in [4.78, 5) is 16.0. The van der Waals surface area contributed by atoms with Crippen molar-refractivity contribution in [2.24, 2.45) is 0 Å². The second-order valence-electron chi connectivity index (χ2n) is 6.46. The van der Waals surface area contributed by atoms with Crippen LogP contribution in [0.1, 0.15) is 23.3 Å². The number of benzene rings is 1. The standard InChI is InChI=1S/C22H22N4OS/c1-4-27-18-10-8-16(9-11-18)19-14(2)28-22-20(19)21(25-15(3)26-22)24-13-17-7-5-6-12-23-17/h5-12H,4,13H2,1-3H3,(H,24,25,26). The van der Waals surface area contributed by atoms with Gasteiger partial charge in [0.05, 0.1) is 24.2 Å². The molecule has 1 N–H and O–H groups in total. The van der Waals surface area contributed by atoms with Crippen LogP contribution in [0.5, 0.6) is 5.75 Å². The average molecular weight is 391 g/mol. The van der Waals surface area contributed by atoms with Gasteiger partial charge in [-0.2, -0.15) is 0 Å². The van der Waals surface area contributed by atoms with Crippen LogP contribution in [-0.2, 0) is 6.54 Å². The van der Waals surface area contributed by atoms with Crippen LogP contribution in [0.2, 0.25) is 0 Å². The number of nitrogens with zero attached hydrogens (tertiary/aromatic N) is 3. The minimum absolute atomic E-state index is 0.615. The number of ether oxygens (including phenoxy) is 1. The normalized spacial score (nSPS) is 11.0. The fraction of sp³-hybridized carbons (Fsp3) is 0.227. The molecule has 28 heavy (non-hydrogen) atoms. The molecule has 0 aliphatic rings. The van der Waals surface area contributed by atoms with Crippen molar-refractivity contribution in [1.82, 2.24) is 15.0 Å². The summed E-state index contributed by atoms with van der Waals surface area (Å²) >= 11 is 1.70. The van der Waals surface area contributed by atoms with Gasteiger partial charge in [0.2, 0.25) is 0 Å². The van der Waals surface area contributed by atoms with E-state index in [1.54, 1.807) is 17.5 Å². The second-order valence-corrected chi connectivity index (χ2v) is 7.67. The Morgan fingerprint density at radius 3 is 2.57 bits per heavy atom. The van der Waals surface area contributed by atoms with Crippen molar-refractivity contribution in [2.45, 2.75) is 27.3 Å². The highest BCUT2D eigenvalue weighted by atomic mass is 32.1. The van der Waals surface area contributed by atoms with Crippen molar-refractivity contribution in [3.8, 4) is 16.9 Å². The van der Waals surface area contributed by atoms with Crippen molar-refractivity contribution in [2.75, 3.05) is 11.9 Å². The van der Waals surface area contributed by atoms with Gasteiger partial charge >= 0.3 is 0 Å². The third-order valence-electron chi connectivity index (χ3n) is 4.46. The number of hydrogen-bond acceptors (Lipinski definition) is 6. The van der Waals surface area contributed by atoms with Crippen LogP contribution >= 0.6 is 11.3 Å². The molecule has 1 aromatic carbocycles. The highest BCUT2D eigenvalue weighted by molar-refractivity contribution is 7.19. The van der Waals surface area contributed by atoms with Gasteiger partial charge in [-0.15, -0.1) is 11.3 Å². The maximum absolute atomic E-state index is 5.58. The molecule has 4 aromatic rings. The molecule has 0 amide bonds. The molecular weight excluding hydrogens is 368 g/mol. The Morgan fingerprint density at radius 1 is 1.04 bits per heavy atom. The SMILES string of the molecule is CCOc1ccc(-c2c(C)sc3nc(C)nc(NCc4ccccn4)c23)cc1. The molecule has 0 unspecified atom stereocenters. The molecule has 0 saturated carbocycles. The lowest BCUT2D eigenvalue weighted by Crippen LogP contribution is -2.05. The summed E-state index contributed by atoms with van der Waals surface area (Å²) in [5.74, 6) is 2.49. The van der Waals surface area contributed by atoms with Crippen molar-refractivity contribution in [3.05, 3.63) is 65.1 Å². The van der Waals surface area contributed by atoms with E-state index in [2.05, 4.69) is 34.3 Å². The van der Waals surface area contributed by atoms with Gasteiger partial charge in [0.25, 0.3) is 0 Å². The Hall–Kier alpha value is -2.99. The summed E-state index contributed by atoms with van der Waals surface area (Å²) < 4.78 is 5.58. The number of fused-ring (bicyclic) bond motifs is 1. The molecule has 0 radical (unpaired) electrons. The van der Waals surface area contributed by atoms with E-state index in [9.17, 15) is 0 Å². The predicted molar refractivity (Wildman–Crippen MR) is 115 cm³/mol. The topological polar surface area (TPSA) is 59.9 Å². The molecule has 0 fully saturated rings. The smallest absolute Gasteiger partial charge is 0.139 e. The Balaban J connectivity index is 1.77. The summed E-state index contributed by atoms with van der Waals surface area (Å²) in [7, 11) is 0. The Morgan fingerprint density at radius 2 is 1.86 bits per heavy atom. The number of nitrogens with one attached hydrogen (secondary N) is 1. The molecule has 4 rings (SSSR count). The van der Waals surface area contributed by atoms with Crippen LogP contribution in [0.15, 0.2) is 48.7 Å². The number of pyridine rings is 1. The van der Waals surface area contributed by atoms with Crippen molar-refractivity contribution >= 4 is 27.4 Å². The van der Waals surface area contributed by atoms with Crippen molar-refractivity contribution < 1.29 is 4.74 Å². The molecule has 142 valence electrons. The molecule has 3 heterocycles. The second kappa shape index (κ2) is 7.94. The molecule has 3 aromatic heterocycles. The first-order valence-corrected chi connectivity index (χ1v) is 10.1. The molecule has 0 bridgehead atoms. The molecule has 0 aliphatic heterocycles. The van der Waals surface area contributed by atoms with Gasteiger partial charge in [-0.05, 0) is 50.6 Å². The third-order valence-corrected chi connectivity index (χ3v) is 5.46. The van der Waals surface area contributed by atoms with Gasteiger partial charge in [0.1, 0.15) is 22.2 Å². The van der Waals surface area contributed by atoms with E-state index in [1.807, 2.05) is 44.2 Å². The maximum Gasteiger partial charge on any atom is 0.139 e. The van der Waals surface area contributed by atoms with E-state index >= 15 is 0 Å². The first kappa shape index (κ1) is 18.4. The molecular formula is C22H22N4OS. The quantitative estimate of drug-likeness (QED) is 0.479. The first-order chi connectivity index (χ1) is 13.7. The van der Waals surface area contributed by atoms with Gasteiger partial charge in [-0.25, -0.2) is 9.97 Å². The number of rotatable bonds is 6. The third kappa shape index (κ3) is 3.68. The predicted octanol–water partition coefficient (Wildman–Crippen LogP) is 5.38. The number of aryl methyl sites for hydroxylation is 2. The summed E-state index contributed by atoms with van der Waals surface area (Å²) in [5.41, 5.74) is 3.29. The fourth-order valence-corrected chi connectivity index (χ4v) is 4.35. The lowest BCUT2D eigenvalue weighted by Gasteiger charge is -2.10. The summed E-state index contributed by atoms with van der Waals surface area (Å²) in [6.07, 6.45) is 1.80. The molecule has 6 heteroatoms. The zero-order chi connectivity index (χ0) is 19.5. The van der Waals surface area contributed by atoms with E-state index in [0.717, 1.165) is 38.9 Å². The minimum Gasteiger partial charge on any atom is -0.494 e. The zero-order valence-electron chi connectivity index (χ0n) is 16.2. The molecule has 5 nitrogen and oxygen atoms in total. The molecule has 0 aliphatic carbocycles. The Bertz CT molecular complexity index is 1090.